The monoisotopic (exact) mass is 195 g/mol. The lowest BCUT2D eigenvalue weighted by molar-refractivity contribution is -0.0765. The van der Waals surface area contributed by atoms with Gasteiger partial charge in [0.25, 0.3) is 0 Å². The summed E-state index contributed by atoms with van der Waals surface area (Å²) in [5, 5.41) is 19.2. The van der Waals surface area contributed by atoms with Crippen molar-refractivity contribution in [3.8, 4) is 6.07 Å². The SMILES string of the molecule is N#CC1(C(O)C2CCCOC2)CCC1. The Kier molecular flexibility index (Phi) is 2.76. The summed E-state index contributed by atoms with van der Waals surface area (Å²) in [7, 11) is 0. The van der Waals surface area contributed by atoms with E-state index in [0.29, 0.717) is 6.61 Å². The van der Waals surface area contributed by atoms with Crippen LogP contribution in [-0.4, -0.2) is 24.4 Å². The predicted octanol–water partition coefficient (Wildman–Crippen LogP) is 1.47. The number of nitrogens with zero attached hydrogens (tertiary/aromatic N) is 1. The molecule has 78 valence electrons. The maximum Gasteiger partial charge on any atom is 0.0835 e. The molecule has 2 rings (SSSR count). The summed E-state index contributed by atoms with van der Waals surface area (Å²) in [6, 6.07) is 2.31. The molecule has 0 radical (unpaired) electrons. The Bertz CT molecular complexity index is 236. The summed E-state index contributed by atoms with van der Waals surface area (Å²) in [6.07, 6.45) is 4.36. The quantitative estimate of drug-likeness (QED) is 0.726. The largest absolute Gasteiger partial charge is 0.391 e. The molecule has 0 amide bonds. The van der Waals surface area contributed by atoms with E-state index < -0.39 is 11.5 Å². The van der Waals surface area contributed by atoms with Crippen LogP contribution in [0.5, 0.6) is 0 Å². The zero-order chi connectivity index (χ0) is 10.0. The zero-order valence-corrected chi connectivity index (χ0v) is 8.41. The lowest BCUT2D eigenvalue weighted by Gasteiger charge is -2.43. The first-order chi connectivity index (χ1) is 6.78. The molecule has 2 aliphatic rings. The van der Waals surface area contributed by atoms with Crippen molar-refractivity contribution < 1.29 is 9.84 Å². The van der Waals surface area contributed by atoms with Crippen molar-refractivity contribution in [3.05, 3.63) is 0 Å². The van der Waals surface area contributed by atoms with E-state index in [0.717, 1.165) is 38.7 Å². The Morgan fingerprint density at radius 3 is 2.64 bits per heavy atom. The Labute approximate surface area is 84.7 Å². The van der Waals surface area contributed by atoms with Gasteiger partial charge in [-0.2, -0.15) is 5.26 Å². The third-order valence-electron chi connectivity index (χ3n) is 3.68. The fourth-order valence-corrected chi connectivity index (χ4v) is 2.50. The first-order valence-electron chi connectivity index (χ1n) is 5.45. The highest BCUT2D eigenvalue weighted by atomic mass is 16.5. The molecular weight excluding hydrogens is 178 g/mol. The zero-order valence-electron chi connectivity index (χ0n) is 8.41. The molecule has 0 aromatic carbocycles. The molecular formula is C11H17NO2. The predicted molar refractivity (Wildman–Crippen MR) is 51.4 cm³/mol. The van der Waals surface area contributed by atoms with Crippen LogP contribution in [0.1, 0.15) is 32.1 Å². The summed E-state index contributed by atoms with van der Waals surface area (Å²) in [5.41, 5.74) is -0.439. The summed E-state index contributed by atoms with van der Waals surface area (Å²) in [6.45, 7) is 1.44. The fraction of sp³-hybridized carbons (Fsp3) is 0.909. The van der Waals surface area contributed by atoms with E-state index in [-0.39, 0.29) is 5.92 Å². The van der Waals surface area contributed by atoms with Crippen molar-refractivity contribution in [3.63, 3.8) is 0 Å². The van der Waals surface area contributed by atoms with E-state index in [1.54, 1.807) is 0 Å². The maximum absolute atomic E-state index is 10.1. The van der Waals surface area contributed by atoms with Gasteiger partial charge in [-0.1, -0.05) is 6.42 Å². The molecule has 3 nitrogen and oxygen atoms in total. The Hall–Kier alpha value is -0.590. The second-order valence-electron chi connectivity index (χ2n) is 4.54. The van der Waals surface area contributed by atoms with Crippen LogP contribution in [0.4, 0.5) is 0 Å². The van der Waals surface area contributed by atoms with E-state index >= 15 is 0 Å². The molecule has 1 N–H and O–H groups in total. The van der Waals surface area contributed by atoms with Crippen LogP contribution in [0, 0.1) is 22.7 Å². The molecule has 2 unspecified atom stereocenters. The molecule has 1 aliphatic heterocycles. The molecule has 0 bridgehead atoms. The van der Waals surface area contributed by atoms with Crippen LogP contribution in [0.25, 0.3) is 0 Å². The summed E-state index contributed by atoms with van der Waals surface area (Å²) in [5.74, 6) is 0.184. The van der Waals surface area contributed by atoms with E-state index in [9.17, 15) is 5.11 Å². The van der Waals surface area contributed by atoms with Crippen molar-refractivity contribution in [2.75, 3.05) is 13.2 Å². The highest BCUT2D eigenvalue weighted by Crippen LogP contribution is 2.46. The van der Waals surface area contributed by atoms with E-state index in [1.165, 1.54) is 0 Å². The number of hydrogen-bond acceptors (Lipinski definition) is 3. The topological polar surface area (TPSA) is 53.2 Å². The molecule has 0 aromatic rings. The van der Waals surface area contributed by atoms with Crippen molar-refractivity contribution in [2.24, 2.45) is 11.3 Å². The third-order valence-corrected chi connectivity index (χ3v) is 3.68. The normalized spacial score (nSPS) is 32.7. The van der Waals surface area contributed by atoms with Crippen LogP contribution in [0.2, 0.25) is 0 Å². The van der Waals surface area contributed by atoms with Gasteiger partial charge in [0.05, 0.1) is 24.2 Å². The van der Waals surface area contributed by atoms with E-state index in [2.05, 4.69) is 6.07 Å². The average molecular weight is 195 g/mol. The number of hydrogen-bond donors (Lipinski definition) is 1. The standard InChI is InChI=1S/C11H17NO2/c12-8-11(4-2-5-11)10(13)9-3-1-6-14-7-9/h9-10,13H,1-7H2. The van der Waals surface area contributed by atoms with Gasteiger partial charge in [0.15, 0.2) is 0 Å². The van der Waals surface area contributed by atoms with Gasteiger partial charge in [-0.05, 0) is 25.7 Å². The van der Waals surface area contributed by atoms with Crippen LogP contribution in [0.3, 0.4) is 0 Å². The van der Waals surface area contributed by atoms with Crippen molar-refractivity contribution >= 4 is 0 Å². The molecule has 1 aliphatic carbocycles. The number of rotatable bonds is 2. The fourth-order valence-electron chi connectivity index (χ4n) is 2.50. The van der Waals surface area contributed by atoms with Crippen LogP contribution in [0.15, 0.2) is 0 Å². The minimum atomic E-state index is -0.471. The summed E-state index contributed by atoms with van der Waals surface area (Å²) in [4.78, 5) is 0. The molecule has 1 heterocycles. The Morgan fingerprint density at radius 1 is 1.43 bits per heavy atom. The van der Waals surface area contributed by atoms with Gasteiger partial charge >= 0.3 is 0 Å². The highest BCUT2D eigenvalue weighted by molar-refractivity contribution is 5.10. The Balaban J connectivity index is 1.99. The molecule has 3 heteroatoms. The minimum Gasteiger partial charge on any atom is -0.391 e. The van der Waals surface area contributed by atoms with Gasteiger partial charge in [-0.3, -0.25) is 0 Å². The van der Waals surface area contributed by atoms with E-state index in [1.807, 2.05) is 0 Å². The molecule has 14 heavy (non-hydrogen) atoms. The number of aliphatic hydroxyl groups excluding tert-OH is 1. The molecule has 1 saturated heterocycles. The van der Waals surface area contributed by atoms with Crippen LogP contribution >= 0.6 is 0 Å². The van der Waals surface area contributed by atoms with Gasteiger partial charge in [0, 0.05) is 12.5 Å². The number of aliphatic hydroxyl groups is 1. The van der Waals surface area contributed by atoms with Crippen molar-refractivity contribution in [1.29, 1.82) is 5.26 Å². The van der Waals surface area contributed by atoms with Crippen LogP contribution in [-0.2, 0) is 4.74 Å². The number of ether oxygens (including phenoxy) is 1. The van der Waals surface area contributed by atoms with Gasteiger partial charge < -0.3 is 9.84 Å². The van der Waals surface area contributed by atoms with Gasteiger partial charge in [0.1, 0.15) is 0 Å². The molecule has 0 spiro atoms. The van der Waals surface area contributed by atoms with Gasteiger partial charge in [0.2, 0.25) is 0 Å². The van der Waals surface area contributed by atoms with Crippen LogP contribution < -0.4 is 0 Å². The van der Waals surface area contributed by atoms with Crippen molar-refractivity contribution in [2.45, 2.75) is 38.2 Å². The highest BCUT2D eigenvalue weighted by Gasteiger charge is 2.47. The smallest absolute Gasteiger partial charge is 0.0835 e. The maximum atomic E-state index is 10.1. The molecule has 2 atom stereocenters. The van der Waals surface area contributed by atoms with Crippen molar-refractivity contribution in [1.82, 2.24) is 0 Å². The molecule has 2 fully saturated rings. The minimum absolute atomic E-state index is 0.184. The van der Waals surface area contributed by atoms with E-state index in [4.69, 9.17) is 10.00 Å². The van der Waals surface area contributed by atoms with Gasteiger partial charge in [-0.15, -0.1) is 0 Å². The second-order valence-corrected chi connectivity index (χ2v) is 4.54. The first-order valence-corrected chi connectivity index (χ1v) is 5.45. The lowest BCUT2D eigenvalue weighted by Crippen LogP contribution is -2.46. The number of nitriles is 1. The molecule has 0 aromatic heterocycles. The third kappa shape index (κ3) is 1.53. The molecule has 1 saturated carbocycles. The lowest BCUT2D eigenvalue weighted by atomic mass is 9.63. The summed E-state index contributed by atoms with van der Waals surface area (Å²) < 4.78 is 5.34. The average Bonchev–Trinajstić information content (AvgIpc) is 2.18. The summed E-state index contributed by atoms with van der Waals surface area (Å²) >= 11 is 0. The second kappa shape index (κ2) is 3.88. The Morgan fingerprint density at radius 2 is 2.21 bits per heavy atom. The first kappa shape index (κ1) is 9.95. The van der Waals surface area contributed by atoms with Gasteiger partial charge in [-0.25, -0.2) is 0 Å².